The Morgan fingerprint density at radius 1 is 1.27 bits per heavy atom. The van der Waals surface area contributed by atoms with E-state index >= 15 is 0 Å². The molecule has 2 N–H and O–H groups in total. The highest BCUT2D eigenvalue weighted by Gasteiger charge is 2.36. The molecule has 2 fully saturated rings. The van der Waals surface area contributed by atoms with Crippen LogP contribution in [-0.2, 0) is 0 Å². The second kappa shape index (κ2) is 5.29. The molecule has 0 aliphatic carbocycles. The predicted molar refractivity (Wildman–Crippen MR) is 86.8 cm³/mol. The largest absolute Gasteiger partial charge is 0.369 e. The van der Waals surface area contributed by atoms with Crippen LogP contribution >= 0.6 is 0 Å². The SMILES string of the molecule is N#Cc1c[nH]c2nccc(N3CCCC4(CCCCN4)C3)c12. The highest BCUT2D eigenvalue weighted by molar-refractivity contribution is 5.94. The summed E-state index contributed by atoms with van der Waals surface area (Å²) in [4.78, 5) is 9.92. The molecule has 114 valence electrons. The smallest absolute Gasteiger partial charge is 0.140 e. The zero-order valence-corrected chi connectivity index (χ0v) is 12.7. The number of anilines is 1. The topological polar surface area (TPSA) is 67.7 Å². The lowest BCUT2D eigenvalue weighted by Crippen LogP contribution is -2.59. The number of piperidine rings is 2. The van der Waals surface area contributed by atoms with Gasteiger partial charge in [0.1, 0.15) is 11.7 Å². The first-order valence-electron chi connectivity index (χ1n) is 8.18. The van der Waals surface area contributed by atoms with Crippen molar-refractivity contribution >= 4 is 16.7 Å². The van der Waals surface area contributed by atoms with Crippen molar-refractivity contribution in [2.45, 2.75) is 37.6 Å². The van der Waals surface area contributed by atoms with Crippen molar-refractivity contribution in [3.63, 3.8) is 0 Å². The number of H-pyrrole nitrogens is 1. The van der Waals surface area contributed by atoms with Gasteiger partial charge in [0, 0.05) is 31.0 Å². The van der Waals surface area contributed by atoms with E-state index in [1.807, 2.05) is 6.20 Å². The summed E-state index contributed by atoms with van der Waals surface area (Å²) in [6.45, 7) is 3.22. The van der Waals surface area contributed by atoms with E-state index in [1.54, 1.807) is 6.20 Å². The van der Waals surface area contributed by atoms with Crippen LogP contribution in [0.15, 0.2) is 18.5 Å². The van der Waals surface area contributed by atoms with Crippen LogP contribution in [-0.4, -0.2) is 35.1 Å². The average Bonchev–Trinajstić information content (AvgIpc) is 2.99. The summed E-state index contributed by atoms with van der Waals surface area (Å²) < 4.78 is 0. The van der Waals surface area contributed by atoms with Crippen LogP contribution in [0.1, 0.15) is 37.7 Å². The normalized spacial score (nSPS) is 25.5. The van der Waals surface area contributed by atoms with Gasteiger partial charge in [-0.1, -0.05) is 6.42 Å². The van der Waals surface area contributed by atoms with Gasteiger partial charge < -0.3 is 15.2 Å². The number of pyridine rings is 1. The van der Waals surface area contributed by atoms with E-state index in [1.165, 1.54) is 32.1 Å². The highest BCUT2D eigenvalue weighted by atomic mass is 15.2. The van der Waals surface area contributed by atoms with E-state index in [0.717, 1.165) is 36.4 Å². The fraction of sp³-hybridized carbons (Fsp3) is 0.529. The third-order valence-corrected chi connectivity index (χ3v) is 5.17. The molecule has 2 aromatic rings. The second-order valence-corrected chi connectivity index (χ2v) is 6.56. The molecule has 0 aromatic carbocycles. The van der Waals surface area contributed by atoms with Crippen LogP contribution in [0.5, 0.6) is 0 Å². The Labute approximate surface area is 130 Å². The fourth-order valence-corrected chi connectivity index (χ4v) is 4.11. The molecule has 2 saturated heterocycles. The molecule has 5 heteroatoms. The number of nitriles is 1. The third kappa shape index (κ3) is 2.15. The Bertz CT molecular complexity index is 715. The maximum Gasteiger partial charge on any atom is 0.140 e. The number of nitrogens with one attached hydrogen (secondary N) is 2. The molecule has 1 atom stereocenters. The molecule has 2 aromatic heterocycles. The predicted octanol–water partition coefficient (Wildman–Crippen LogP) is 2.55. The van der Waals surface area contributed by atoms with E-state index in [0.29, 0.717) is 5.56 Å². The van der Waals surface area contributed by atoms with Crippen LogP contribution in [0, 0.1) is 11.3 Å². The fourth-order valence-electron chi connectivity index (χ4n) is 4.11. The number of rotatable bonds is 1. The average molecular weight is 295 g/mol. The van der Waals surface area contributed by atoms with Crippen molar-refractivity contribution in [2.75, 3.05) is 24.5 Å². The van der Waals surface area contributed by atoms with Gasteiger partial charge in [-0.25, -0.2) is 4.98 Å². The summed E-state index contributed by atoms with van der Waals surface area (Å²) in [6.07, 6.45) is 9.93. The number of fused-ring (bicyclic) bond motifs is 1. The zero-order valence-electron chi connectivity index (χ0n) is 12.7. The summed E-state index contributed by atoms with van der Waals surface area (Å²) in [7, 11) is 0. The van der Waals surface area contributed by atoms with Gasteiger partial charge in [0.25, 0.3) is 0 Å². The Morgan fingerprint density at radius 3 is 3.00 bits per heavy atom. The first-order valence-corrected chi connectivity index (χ1v) is 8.18. The lowest BCUT2D eigenvalue weighted by atomic mass is 9.81. The molecule has 2 aliphatic heterocycles. The molecule has 4 heterocycles. The Balaban J connectivity index is 1.72. The maximum atomic E-state index is 9.36. The van der Waals surface area contributed by atoms with Crippen molar-refractivity contribution in [1.82, 2.24) is 15.3 Å². The van der Waals surface area contributed by atoms with Crippen LogP contribution in [0.4, 0.5) is 5.69 Å². The number of hydrogen-bond acceptors (Lipinski definition) is 4. The summed E-state index contributed by atoms with van der Waals surface area (Å²) in [5, 5.41) is 14.1. The van der Waals surface area contributed by atoms with Gasteiger partial charge >= 0.3 is 0 Å². The van der Waals surface area contributed by atoms with Gasteiger partial charge in [-0.2, -0.15) is 5.26 Å². The number of hydrogen-bond donors (Lipinski definition) is 2. The van der Waals surface area contributed by atoms with Crippen LogP contribution in [0.3, 0.4) is 0 Å². The molecule has 0 bridgehead atoms. The molecular formula is C17H21N5. The number of aromatic amines is 1. The van der Waals surface area contributed by atoms with E-state index in [2.05, 4.69) is 32.3 Å². The molecule has 1 spiro atoms. The lowest BCUT2D eigenvalue weighted by molar-refractivity contribution is 0.216. The first kappa shape index (κ1) is 13.6. The minimum absolute atomic E-state index is 0.259. The van der Waals surface area contributed by atoms with Crippen LogP contribution in [0.25, 0.3) is 11.0 Å². The van der Waals surface area contributed by atoms with Crippen molar-refractivity contribution in [2.24, 2.45) is 0 Å². The minimum Gasteiger partial charge on any atom is -0.369 e. The molecule has 0 saturated carbocycles. The summed E-state index contributed by atoms with van der Waals surface area (Å²) in [5.74, 6) is 0. The monoisotopic (exact) mass is 295 g/mol. The molecule has 0 radical (unpaired) electrons. The molecule has 2 aliphatic rings. The lowest BCUT2D eigenvalue weighted by Gasteiger charge is -2.47. The quantitative estimate of drug-likeness (QED) is 0.848. The summed E-state index contributed by atoms with van der Waals surface area (Å²) in [6, 6.07) is 4.34. The zero-order chi connectivity index (χ0) is 15.0. The third-order valence-electron chi connectivity index (χ3n) is 5.17. The van der Waals surface area contributed by atoms with Gasteiger partial charge in [0.05, 0.1) is 16.6 Å². The van der Waals surface area contributed by atoms with Gasteiger partial charge in [0.2, 0.25) is 0 Å². The Morgan fingerprint density at radius 2 is 2.18 bits per heavy atom. The van der Waals surface area contributed by atoms with Gasteiger partial charge in [-0.3, -0.25) is 0 Å². The summed E-state index contributed by atoms with van der Waals surface area (Å²) in [5.41, 5.74) is 2.91. The minimum atomic E-state index is 0.259. The molecule has 22 heavy (non-hydrogen) atoms. The second-order valence-electron chi connectivity index (χ2n) is 6.56. The van der Waals surface area contributed by atoms with Crippen molar-refractivity contribution in [3.05, 3.63) is 24.0 Å². The maximum absolute atomic E-state index is 9.36. The van der Waals surface area contributed by atoms with Gasteiger partial charge in [0.15, 0.2) is 0 Å². The van der Waals surface area contributed by atoms with Crippen LogP contribution < -0.4 is 10.2 Å². The molecule has 1 unspecified atom stereocenters. The molecule has 4 rings (SSSR count). The van der Waals surface area contributed by atoms with E-state index in [9.17, 15) is 5.26 Å². The first-order chi connectivity index (χ1) is 10.8. The van der Waals surface area contributed by atoms with E-state index in [4.69, 9.17) is 0 Å². The van der Waals surface area contributed by atoms with Crippen molar-refractivity contribution < 1.29 is 0 Å². The number of aromatic nitrogens is 2. The molecule has 0 amide bonds. The molecule has 5 nitrogen and oxygen atoms in total. The van der Waals surface area contributed by atoms with E-state index < -0.39 is 0 Å². The highest BCUT2D eigenvalue weighted by Crippen LogP contribution is 2.35. The van der Waals surface area contributed by atoms with Crippen molar-refractivity contribution in [1.29, 1.82) is 5.26 Å². The standard InChI is InChI=1S/C17H21N5/c18-10-13-11-20-16-15(13)14(4-8-19-16)22-9-3-6-17(12-22)5-1-2-7-21-17/h4,8,11,21H,1-3,5-7,9,12H2,(H,19,20). The summed E-state index contributed by atoms with van der Waals surface area (Å²) >= 11 is 0. The number of nitrogens with zero attached hydrogens (tertiary/aromatic N) is 3. The van der Waals surface area contributed by atoms with E-state index in [-0.39, 0.29) is 5.54 Å². The Hall–Kier alpha value is -2.06. The van der Waals surface area contributed by atoms with Gasteiger partial charge in [-0.15, -0.1) is 0 Å². The van der Waals surface area contributed by atoms with Gasteiger partial charge in [-0.05, 0) is 38.3 Å². The molecular weight excluding hydrogens is 274 g/mol. The Kier molecular flexibility index (Phi) is 3.27. The van der Waals surface area contributed by atoms with Crippen LogP contribution in [0.2, 0.25) is 0 Å². The van der Waals surface area contributed by atoms with Crippen molar-refractivity contribution in [3.8, 4) is 6.07 Å².